The molecule has 5 heteroatoms. The number of hydrogen-bond acceptors (Lipinski definition) is 4. The van der Waals surface area contributed by atoms with E-state index in [1.54, 1.807) is 0 Å². The molecule has 0 aliphatic carbocycles. The fourth-order valence-corrected chi connectivity index (χ4v) is 3.47. The number of benzene rings is 2. The second-order valence-corrected chi connectivity index (χ2v) is 6.94. The van der Waals surface area contributed by atoms with Crippen molar-refractivity contribution in [2.45, 2.75) is 25.9 Å². The van der Waals surface area contributed by atoms with Crippen LogP contribution in [-0.2, 0) is 25.9 Å². The number of fused-ring (bicyclic) bond motifs is 1. The average molecular weight is 360 g/mol. The van der Waals surface area contributed by atoms with Gasteiger partial charge in [0.15, 0.2) is 0 Å². The van der Waals surface area contributed by atoms with Crippen molar-refractivity contribution in [3.63, 3.8) is 0 Å². The molecule has 27 heavy (non-hydrogen) atoms. The molecule has 0 amide bonds. The summed E-state index contributed by atoms with van der Waals surface area (Å²) in [5, 5.41) is 3.23. The maximum atomic E-state index is 12.6. The van der Waals surface area contributed by atoms with Gasteiger partial charge in [-0.05, 0) is 17.5 Å². The van der Waals surface area contributed by atoms with E-state index >= 15 is 0 Å². The second-order valence-electron chi connectivity index (χ2n) is 6.94. The normalized spacial score (nSPS) is 13.9. The highest BCUT2D eigenvalue weighted by Crippen LogP contribution is 2.16. The van der Waals surface area contributed by atoms with Crippen molar-refractivity contribution in [1.29, 1.82) is 0 Å². The molecular weight excluding hydrogens is 336 g/mol. The number of aromatic nitrogens is 2. The van der Waals surface area contributed by atoms with Gasteiger partial charge in [-0.15, -0.1) is 0 Å². The van der Waals surface area contributed by atoms with Gasteiger partial charge in [0.05, 0.1) is 11.3 Å². The lowest BCUT2D eigenvalue weighted by atomic mass is 10.1. The molecule has 0 spiro atoms. The Hall–Kier alpha value is -2.92. The maximum Gasteiger partial charge on any atom is 0.257 e. The summed E-state index contributed by atoms with van der Waals surface area (Å²) >= 11 is 0. The minimum atomic E-state index is -0.0278. The number of aromatic amines is 1. The van der Waals surface area contributed by atoms with Crippen LogP contribution in [0.4, 0.5) is 5.95 Å². The zero-order chi connectivity index (χ0) is 18.5. The topological polar surface area (TPSA) is 61.0 Å². The van der Waals surface area contributed by atoms with Crippen LogP contribution in [-0.4, -0.2) is 28.0 Å². The predicted octanol–water partition coefficient (Wildman–Crippen LogP) is 2.98. The van der Waals surface area contributed by atoms with Crippen LogP contribution in [0.3, 0.4) is 0 Å². The molecule has 5 nitrogen and oxygen atoms in total. The molecule has 0 saturated carbocycles. The Labute approximate surface area is 159 Å². The second kappa shape index (κ2) is 8.18. The van der Waals surface area contributed by atoms with Gasteiger partial charge < -0.3 is 5.32 Å². The summed E-state index contributed by atoms with van der Waals surface area (Å²) in [5.41, 5.74) is 4.19. The minimum Gasteiger partial charge on any atom is -0.352 e. The van der Waals surface area contributed by atoms with Crippen LogP contribution < -0.4 is 10.9 Å². The van der Waals surface area contributed by atoms with Crippen LogP contribution >= 0.6 is 0 Å². The number of H-pyrrole nitrogens is 1. The van der Waals surface area contributed by atoms with E-state index in [0.29, 0.717) is 19.0 Å². The first-order chi connectivity index (χ1) is 13.3. The molecule has 1 aliphatic rings. The number of nitrogens with one attached hydrogen (secondary N) is 2. The van der Waals surface area contributed by atoms with E-state index in [0.717, 1.165) is 42.8 Å². The molecule has 0 saturated heterocycles. The Bertz CT molecular complexity index is 938. The van der Waals surface area contributed by atoms with Gasteiger partial charge >= 0.3 is 0 Å². The van der Waals surface area contributed by atoms with Crippen molar-refractivity contribution in [2.75, 3.05) is 18.4 Å². The number of hydrogen-bond donors (Lipinski definition) is 2. The smallest absolute Gasteiger partial charge is 0.257 e. The van der Waals surface area contributed by atoms with Crippen molar-refractivity contribution in [3.05, 3.63) is 93.4 Å². The summed E-state index contributed by atoms with van der Waals surface area (Å²) in [7, 11) is 0. The van der Waals surface area contributed by atoms with E-state index < -0.39 is 0 Å². The number of anilines is 1. The van der Waals surface area contributed by atoms with Gasteiger partial charge in [0, 0.05) is 32.6 Å². The lowest BCUT2D eigenvalue weighted by molar-refractivity contribution is 0.253. The Morgan fingerprint density at radius 3 is 2.44 bits per heavy atom. The van der Waals surface area contributed by atoms with Crippen molar-refractivity contribution >= 4 is 5.95 Å². The van der Waals surface area contributed by atoms with E-state index in [2.05, 4.69) is 44.5 Å². The summed E-state index contributed by atoms with van der Waals surface area (Å²) in [4.78, 5) is 22.4. The van der Waals surface area contributed by atoms with Crippen LogP contribution in [0.15, 0.2) is 65.5 Å². The van der Waals surface area contributed by atoms with E-state index in [4.69, 9.17) is 0 Å². The van der Waals surface area contributed by atoms with Crippen LogP contribution in [0.2, 0.25) is 0 Å². The molecule has 3 aromatic rings. The molecule has 0 fully saturated rings. The van der Waals surface area contributed by atoms with E-state index in [9.17, 15) is 4.79 Å². The Kier molecular flexibility index (Phi) is 5.30. The van der Waals surface area contributed by atoms with Crippen LogP contribution in [0.5, 0.6) is 0 Å². The van der Waals surface area contributed by atoms with Crippen LogP contribution in [0.1, 0.15) is 22.4 Å². The standard InChI is InChI=1S/C22H24N4O/c27-21-19-16-26(13-11-17-7-3-1-4-8-17)14-12-20(19)24-22(25-21)23-15-18-9-5-2-6-10-18/h1-10H,11-16H2,(H2,23,24,25,27). The zero-order valence-electron chi connectivity index (χ0n) is 15.3. The molecule has 0 atom stereocenters. The van der Waals surface area contributed by atoms with Gasteiger partial charge in [0.25, 0.3) is 5.56 Å². The fraction of sp³-hybridized carbons (Fsp3) is 0.273. The molecule has 2 aromatic carbocycles. The molecule has 4 rings (SSSR count). The third kappa shape index (κ3) is 4.44. The lowest BCUT2D eigenvalue weighted by Gasteiger charge is -2.27. The van der Waals surface area contributed by atoms with Gasteiger partial charge in [-0.3, -0.25) is 14.7 Å². The molecule has 1 aliphatic heterocycles. The maximum absolute atomic E-state index is 12.6. The summed E-state index contributed by atoms with van der Waals surface area (Å²) in [5.74, 6) is 0.556. The van der Waals surface area contributed by atoms with Gasteiger partial charge in [-0.1, -0.05) is 60.7 Å². The first-order valence-corrected chi connectivity index (χ1v) is 9.44. The fourth-order valence-electron chi connectivity index (χ4n) is 3.47. The molecule has 2 heterocycles. The molecule has 0 bridgehead atoms. The van der Waals surface area contributed by atoms with Crippen molar-refractivity contribution < 1.29 is 0 Å². The average Bonchev–Trinajstić information content (AvgIpc) is 2.72. The first-order valence-electron chi connectivity index (χ1n) is 9.44. The van der Waals surface area contributed by atoms with Gasteiger partial charge in [-0.25, -0.2) is 4.98 Å². The molecule has 138 valence electrons. The third-order valence-corrected chi connectivity index (χ3v) is 5.01. The molecule has 2 N–H and O–H groups in total. The quantitative estimate of drug-likeness (QED) is 0.709. The van der Waals surface area contributed by atoms with E-state index in [1.165, 1.54) is 5.56 Å². The number of nitrogens with zero attached hydrogens (tertiary/aromatic N) is 2. The summed E-state index contributed by atoms with van der Waals surface area (Å²) in [6.45, 7) is 3.21. The zero-order valence-corrected chi connectivity index (χ0v) is 15.3. The lowest BCUT2D eigenvalue weighted by Crippen LogP contribution is -2.37. The van der Waals surface area contributed by atoms with Crippen LogP contribution in [0, 0.1) is 0 Å². The van der Waals surface area contributed by atoms with Gasteiger partial charge in [0.2, 0.25) is 5.95 Å². The summed E-state index contributed by atoms with van der Waals surface area (Å²) < 4.78 is 0. The van der Waals surface area contributed by atoms with Gasteiger partial charge in [-0.2, -0.15) is 0 Å². The van der Waals surface area contributed by atoms with Crippen molar-refractivity contribution in [2.24, 2.45) is 0 Å². The van der Waals surface area contributed by atoms with Crippen LogP contribution in [0.25, 0.3) is 0 Å². The highest BCUT2D eigenvalue weighted by Gasteiger charge is 2.20. The van der Waals surface area contributed by atoms with E-state index in [-0.39, 0.29) is 5.56 Å². The minimum absolute atomic E-state index is 0.0278. The monoisotopic (exact) mass is 360 g/mol. The first kappa shape index (κ1) is 17.5. The highest BCUT2D eigenvalue weighted by molar-refractivity contribution is 5.32. The van der Waals surface area contributed by atoms with E-state index in [1.807, 2.05) is 36.4 Å². The Morgan fingerprint density at radius 2 is 1.70 bits per heavy atom. The SMILES string of the molecule is O=c1[nH]c(NCc2ccccc2)nc2c1CN(CCc1ccccc1)CC2. The number of rotatable bonds is 6. The third-order valence-electron chi connectivity index (χ3n) is 5.01. The molecule has 0 radical (unpaired) electrons. The Balaban J connectivity index is 1.40. The summed E-state index contributed by atoms with van der Waals surface area (Å²) in [6, 6.07) is 20.6. The predicted molar refractivity (Wildman–Crippen MR) is 108 cm³/mol. The Morgan fingerprint density at radius 1 is 1.00 bits per heavy atom. The largest absolute Gasteiger partial charge is 0.352 e. The molecule has 1 aromatic heterocycles. The summed E-state index contributed by atoms with van der Waals surface area (Å²) in [6.07, 6.45) is 1.81. The highest BCUT2D eigenvalue weighted by atomic mass is 16.1. The van der Waals surface area contributed by atoms with Crippen molar-refractivity contribution in [3.8, 4) is 0 Å². The van der Waals surface area contributed by atoms with Gasteiger partial charge in [0.1, 0.15) is 0 Å². The molecular formula is C22H24N4O. The molecule has 0 unspecified atom stereocenters. The van der Waals surface area contributed by atoms with Crippen molar-refractivity contribution in [1.82, 2.24) is 14.9 Å².